The van der Waals surface area contributed by atoms with Crippen molar-refractivity contribution < 1.29 is 20.1 Å². The molecule has 1 aromatic carbocycles. The molecule has 0 aliphatic carbocycles. The summed E-state index contributed by atoms with van der Waals surface area (Å²) < 4.78 is 0. The summed E-state index contributed by atoms with van der Waals surface area (Å²) in [5, 5.41) is 28.4. The summed E-state index contributed by atoms with van der Waals surface area (Å²) in [5.74, 6) is -0.825. The second kappa shape index (κ2) is 6.07. The smallest absolute Gasteiger partial charge is 0.247 e. The lowest BCUT2D eigenvalue weighted by Gasteiger charge is -2.25. The third kappa shape index (κ3) is 3.24. The maximum atomic E-state index is 11.5. The van der Waals surface area contributed by atoms with Crippen LogP contribution in [0, 0.1) is 0 Å². The Labute approximate surface area is 106 Å². The number of aromatic hydroxyl groups is 2. The molecule has 18 heavy (non-hydrogen) atoms. The van der Waals surface area contributed by atoms with Crippen molar-refractivity contribution in [1.82, 2.24) is 4.90 Å². The highest BCUT2D eigenvalue weighted by atomic mass is 16.3. The molecule has 0 bridgehead atoms. The van der Waals surface area contributed by atoms with Crippen LogP contribution in [0.2, 0.25) is 0 Å². The van der Waals surface area contributed by atoms with Crippen LogP contribution in [0.5, 0.6) is 11.5 Å². The van der Waals surface area contributed by atoms with E-state index >= 15 is 0 Å². The van der Waals surface area contributed by atoms with Crippen LogP contribution >= 0.6 is 0 Å². The fourth-order valence-electron chi connectivity index (χ4n) is 1.65. The number of nitrogens with zero attached hydrogens (tertiary/aromatic N) is 1. The molecule has 0 saturated heterocycles. The van der Waals surface area contributed by atoms with E-state index in [9.17, 15) is 15.0 Å². The summed E-state index contributed by atoms with van der Waals surface area (Å²) in [6.45, 7) is 5.48. The van der Waals surface area contributed by atoms with Crippen molar-refractivity contribution >= 4 is 5.91 Å². The summed E-state index contributed by atoms with van der Waals surface area (Å²) in [6, 6.07) is 4.26. The second-order valence-electron chi connectivity index (χ2n) is 3.84. The number of carbonyl (C=O) groups excluding carboxylic acids is 1. The molecule has 0 saturated carbocycles. The molecule has 0 aliphatic rings. The lowest BCUT2D eigenvalue weighted by atomic mass is 10.1. The molecule has 5 nitrogen and oxygen atoms in total. The van der Waals surface area contributed by atoms with Crippen LogP contribution in [-0.4, -0.2) is 38.9 Å². The molecule has 0 radical (unpaired) electrons. The number of amides is 1. The average Bonchev–Trinajstić information content (AvgIpc) is 2.34. The van der Waals surface area contributed by atoms with Gasteiger partial charge in [0, 0.05) is 13.0 Å². The van der Waals surface area contributed by atoms with Gasteiger partial charge in [0.1, 0.15) is 6.23 Å². The minimum Gasteiger partial charge on any atom is -0.504 e. The summed E-state index contributed by atoms with van der Waals surface area (Å²) in [6.07, 6.45) is 0.312. The van der Waals surface area contributed by atoms with Crippen molar-refractivity contribution in [2.75, 3.05) is 6.54 Å². The Balaban J connectivity index is 2.79. The normalized spacial score (nSPS) is 11.9. The van der Waals surface area contributed by atoms with Crippen molar-refractivity contribution in [3.63, 3.8) is 0 Å². The molecule has 0 aliphatic heterocycles. The van der Waals surface area contributed by atoms with Gasteiger partial charge in [-0.15, -0.1) is 0 Å². The van der Waals surface area contributed by atoms with Crippen LogP contribution in [0.25, 0.3) is 0 Å². The number of rotatable bonds is 5. The third-order valence-corrected chi connectivity index (χ3v) is 2.62. The predicted molar refractivity (Wildman–Crippen MR) is 67.1 cm³/mol. The van der Waals surface area contributed by atoms with Gasteiger partial charge in [0.05, 0.1) is 0 Å². The number of phenolic OH excluding ortho intramolecular Hbond substituents is 2. The molecule has 1 atom stereocenters. The van der Waals surface area contributed by atoms with Gasteiger partial charge in [-0.25, -0.2) is 0 Å². The van der Waals surface area contributed by atoms with Gasteiger partial charge in [-0.1, -0.05) is 12.6 Å². The van der Waals surface area contributed by atoms with Gasteiger partial charge in [-0.05, 0) is 30.7 Å². The number of likely N-dealkylation sites (N-methyl/N-ethyl adjacent to an activating group) is 1. The summed E-state index contributed by atoms with van der Waals surface area (Å²) in [7, 11) is 0. The van der Waals surface area contributed by atoms with E-state index in [2.05, 4.69) is 6.58 Å². The van der Waals surface area contributed by atoms with Gasteiger partial charge >= 0.3 is 0 Å². The summed E-state index contributed by atoms with van der Waals surface area (Å²) in [4.78, 5) is 12.7. The van der Waals surface area contributed by atoms with Crippen molar-refractivity contribution in [1.29, 1.82) is 0 Å². The van der Waals surface area contributed by atoms with Crippen molar-refractivity contribution in [2.45, 2.75) is 19.6 Å². The Kier molecular flexibility index (Phi) is 4.74. The monoisotopic (exact) mass is 251 g/mol. The van der Waals surface area contributed by atoms with Crippen LogP contribution in [0.4, 0.5) is 0 Å². The number of hydrogen-bond acceptors (Lipinski definition) is 4. The standard InChI is InChI=1S/C13H17NO4/c1-3-12(17)14(4-2)13(18)8-9-5-6-10(15)11(16)7-9/h3,5-7,13,15-16,18H,1,4,8H2,2H3. The van der Waals surface area contributed by atoms with E-state index in [4.69, 9.17) is 5.11 Å². The van der Waals surface area contributed by atoms with E-state index in [1.807, 2.05) is 0 Å². The molecule has 5 heteroatoms. The van der Waals surface area contributed by atoms with Gasteiger partial charge in [0.2, 0.25) is 5.91 Å². The first-order valence-electron chi connectivity index (χ1n) is 5.61. The van der Waals surface area contributed by atoms with Crippen molar-refractivity contribution in [3.05, 3.63) is 36.4 Å². The number of aliphatic hydroxyl groups is 1. The number of phenols is 2. The summed E-state index contributed by atoms with van der Waals surface area (Å²) in [5.41, 5.74) is 0.619. The molecule has 0 heterocycles. The number of carbonyl (C=O) groups is 1. The molecule has 0 fully saturated rings. The quantitative estimate of drug-likeness (QED) is 0.414. The van der Waals surface area contributed by atoms with Crippen LogP contribution in [0.15, 0.2) is 30.9 Å². The largest absolute Gasteiger partial charge is 0.504 e. The lowest BCUT2D eigenvalue weighted by molar-refractivity contribution is -0.135. The average molecular weight is 251 g/mol. The van der Waals surface area contributed by atoms with E-state index in [1.54, 1.807) is 13.0 Å². The highest BCUT2D eigenvalue weighted by Crippen LogP contribution is 2.25. The molecule has 0 aromatic heterocycles. The van der Waals surface area contributed by atoms with E-state index in [1.165, 1.54) is 17.0 Å². The Hall–Kier alpha value is -2.01. The van der Waals surface area contributed by atoms with Crippen molar-refractivity contribution in [3.8, 4) is 11.5 Å². The maximum absolute atomic E-state index is 11.5. The molecule has 0 spiro atoms. The Morgan fingerprint density at radius 1 is 1.44 bits per heavy atom. The van der Waals surface area contributed by atoms with Gasteiger partial charge in [-0.2, -0.15) is 0 Å². The highest BCUT2D eigenvalue weighted by Gasteiger charge is 2.18. The minimum atomic E-state index is -0.996. The second-order valence-corrected chi connectivity index (χ2v) is 3.84. The molecule has 1 unspecified atom stereocenters. The van der Waals surface area contributed by atoms with Gasteiger partial charge in [0.15, 0.2) is 11.5 Å². The van der Waals surface area contributed by atoms with Crippen LogP contribution < -0.4 is 0 Å². The molecule has 3 N–H and O–H groups in total. The Morgan fingerprint density at radius 2 is 2.11 bits per heavy atom. The van der Waals surface area contributed by atoms with E-state index in [0.717, 1.165) is 6.08 Å². The molecule has 1 aromatic rings. The number of aliphatic hydroxyl groups excluding tert-OH is 1. The predicted octanol–water partition coefficient (Wildman–Crippen LogP) is 0.993. The van der Waals surface area contributed by atoms with Gasteiger partial charge < -0.3 is 20.2 Å². The topological polar surface area (TPSA) is 81.0 Å². The third-order valence-electron chi connectivity index (χ3n) is 2.62. The lowest BCUT2D eigenvalue weighted by Crippen LogP contribution is -2.40. The Bertz CT molecular complexity index is 445. The number of hydrogen-bond donors (Lipinski definition) is 3. The zero-order valence-electron chi connectivity index (χ0n) is 10.2. The molecular weight excluding hydrogens is 234 g/mol. The number of benzene rings is 1. The zero-order valence-corrected chi connectivity index (χ0v) is 10.2. The fraction of sp³-hybridized carbons (Fsp3) is 0.308. The molecule has 1 rings (SSSR count). The molecule has 1 amide bonds. The van der Waals surface area contributed by atoms with Crippen LogP contribution in [-0.2, 0) is 11.2 Å². The van der Waals surface area contributed by atoms with Crippen LogP contribution in [0.3, 0.4) is 0 Å². The van der Waals surface area contributed by atoms with Crippen molar-refractivity contribution in [2.24, 2.45) is 0 Å². The first-order chi connectivity index (χ1) is 8.49. The van der Waals surface area contributed by atoms with Gasteiger partial charge in [-0.3, -0.25) is 4.79 Å². The maximum Gasteiger partial charge on any atom is 0.247 e. The Morgan fingerprint density at radius 3 is 2.61 bits per heavy atom. The zero-order chi connectivity index (χ0) is 13.7. The first-order valence-corrected chi connectivity index (χ1v) is 5.61. The highest BCUT2D eigenvalue weighted by molar-refractivity contribution is 5.87. The first kappa shape index (κ1) is 14.1. The van der Waals surface area contributed by atoms with Gasteiger partial charge in [0.25, 0.3) is 0 Å². The fourth-order valence-corrected chi connectivity index (χ4v) is 1.65. The SMILES string of the molecule is C=CC(=O)N(CC)C(O)Cc1ccc(O)c(O)c1. The molecule has 98 valence electrons. The van der Waals surface area contributed by atoms with Crippen LogP contribution in [0.1, 0.15) is 12.5 Å². The molecular formula is C13H17NO4. The van der Waals surface area contributed by atoms with E-state index < -0.39 is 6.23 Å². The summed E-state index contributed by atoms with van der Waals surface area (Å²) >= 11 is 0. The minimum absolute atomic E-state index is 0.168. The van der Waals surface area contributed by atoms with E-state index in [0.29, 0.717) is 12.1 Å². The van der Waals surface area contributed by atoms with E-state index in [-0.39, 0.29) is 23.8 Å².